The molecule has 1 atom stereocenters. The fraction of sp³-hybridized carbons (Fsp3) is 0.480. The summed E-state index contributed by atoms with van der Waals surface area (Å²) in [6.07, 6.45) is 4.54. The van der Waals surface area contributed by atoms with Gasteiger partial charge in [-0.2, -0.15) is 0 Å². The van der Waals surface area contributed by atoms with E-state index >= 15 is 0 Å². The van der Waals surface area contributed by atoms with Crippen molar-refractivity contribution in [3.8, 4) is 0 Å². The average molecular weight is 443 g/mol. The molecule has 0 N–H and O–H groups in total. The second-order valence-corrected chi connectivity index (χ2v) is 10.6. The topological polar surface area (TPSA) is 57.7 Å². The Labute approximate surface area is 187 Å². The molecule has 2 aromatic carbocycles. The van der Waals surface area contributed by atoms with Crippen LogP contribution in [0.1, 0.15) is 42.9 Å². The van der Waals surface area contributed by atoms with Gasteiger partial charge in [0, 0.05) is 13.1 Å². The highest BCUT2D eigenvalue weighted by molar-refractivity contribution is 7.92. The van der Waals surface area contributed by atoms with Gasteiger partial charge in [-0.05, 0) is 68.2 Å². The zero-order valence-corrected chi connectivity index (χ0v) is 19.9. The monoisotopic (exact) mass is 442 g/mol. The summed E-state index contributed by atoms with van der Waals surface area (Å²) < 4.78 is 26.9. The number of carbonyl (C=O) groups is 1. The van der Waals surface area contributed by atoms with E-state index in [-0.39, 0.29) is 5.91 Å². The maximum atomic E-state index is 13.5. The molecule has 1 aliphatic heterocycles. The lowest BCUT2D eigenvalue weighted by Crippen LogP contribution is -2.52. The highest BCUT2D eigenvalue weighted by Gasteiger charge is 2.36. The number of piperidine rings is 1. The van der Waals surface area contributed by atoms with Gasteiger partial charge in [0.15, 0.2) is 0 Å². The molecule has 3 rings (SSSR count). The van der Waals surface area contributed by atoms with Crippen molar-refractivity contribution in [2.24, 2.45) is 5.92 Å². The smallest absolute Gasteiger partial charge is 0.246 e. The average Bonchev–Trinajstić information content (AvgIpc) is 2.74. The Hall–Kier alpha value is -2.34. The Balaban J connectivity index is 1.76. The zero-order chi connectivity index (χ0) is 22.6. The first-order chi connectivity index (χ1) is 14.7. The highest BCUT2D eigenvalue weighted by Crippen LogP contribution is 2.29. The minimum atomic E-state index is -3.62. The molecule has 0 aliphatic carbocycles. The number of likely N-dealkylation sites (tertiary alicyclic amines) is 1. The summed E-state index contributed by atoms with van der Waals surface area (Å²) >= 11 is 0. The fourth-order valence-electron chi connectivity index (χ4n) is 4.49. The van der Waals surface area contributed by atoms with Crippen LogP contribution in [0.2, 0.25) is 0 Å². The van der Waals surface area contributed by atoms with Crippen LogP contribution >= 0.6 is 0 Å². The molecule has 168 valence electrons. The number of benzene rings is 2. The minimum absolute atomic E-state index is 0.0907. The van der Waals surface area contributed by atoms with Crippen LogP contribution in [-0.2, 0) is 21.2 Å². The van der Waals surface area contributed by atoms with Crippen molar-refractivity contribution < 1.29 is 13.2 Å². The van der Waals surface area contributed by atoms with E-state index in [2.05, 4.69) is 24.3 Å². The highest BCUT2D eigenvalue weighted by atomic mass is 32.2. The van der Waals surface area contributed by atoms with Gasteiger partial charge in [-0.3, -0.25) is 9.10 Å². The summed E-state index contributed by atoms with van der Waals surface area (Å²) in [5.74, 6) is 0.462. The molecule has 0 aromatic heterocycles. The van der Waals surface area contributed by atoms with Gasteiger partial charge in [-0.15, -0.1) is 0 Å². The largest absolute Gasteiger partial charge is 0.341 e. The zero-order valence-electron chi connectivity index (χ0n) is 19.0. The van der Waals surface area contributed by atoms with Crippen LogP contribution in [0.4, 0.5) is 5.69 Å². The van der Waals surface area contributed by atoms with Crippen molar-refractivity contribution in [3.63, 3.8) is 0 Å². The molecular formula is C25H34N2O3S. The molecule has 2 aromatic rings. The van der Waals surface area contributed by atoms with Gasteiger partial charge >= 0.3 is 0 Å². The van der Waals surface area contributed by atoms with E-state index in [4.69, 9.17) is 0 Å². The molecule has 1 saturated heterocycles. The lowest BCUT2D eigenvalue weighted by Gasteiger charge is -2.38. The molecule has 0 bridgehead atoms. The molecule has 1 fully saturated rings. The first-order valence-corrected chi connectivity index (χ1v) is 12.9. The summed E-state index contributed by atoms with van der Waals surface area (Å²) in [7, 11) is -3.62. The van der Waals surface area contributed by atoms with E-state index in [9.17, 15) is 13.2 Å². The van der Waals surface area contributed by atoms with Gasteiger partial charge in [-0.1, -0.05) is 49.4 Å². The molecule has 1 heterocycles. The van der Waals surface area contributed by atoms with Gasteiger partial charge < -0.3 is 4.90 Å². The van der Waals surface area contributed by atoms with Gasteiger partial charge in [-0.25, -0.2) is 8.42 Å². The molecule has 31 heavy (non-hydrogen) atoms. The number of aryl methyl sites for hydroxylation is 2. The normalized spacial score (nSPS) is 16.2. The summed E-state index contributed by atoms with van der Waals surface area (Å²) in [6.45, 7) is 7.06. The first-order valence-electron chi connectivity index (χ1n) is 11.1. The summed E-state index contributed by atoms with van der Waals surface area (Å²) in [4.78, 5) is 15.3. The van der Waals surface area contributed by atoms with Crippen LogP contribution < -0.4 is 4.31 Å². The van der Waals surface area contributed by atoms with Gasteiger partial charge in [0.2, 0.25) is 15.9 Å². The molecule has 0 saturated carbocycles. The number of carbonyl (C=O) groups excluding carboxylic acids is 1. The Morgan fingerprint density at radius 2 is 1.74 bits per heavy atom. The van der Waals surface area contributed by atoms with Crippen LogP contribution in [-0.4, -0.2) is 44.6 Å². The maximum absolute atomic E-state index is 13.5. The van der Waals surface area contributed by atoms with Crippen LogP contribution in [0.3, 0.4) is 0 Å². The maximum Gasteiger partial charge on any atom is 0.246 e. The molecular weight excluding hydrogens is 408 g/mol. The predicted molar refractivity (Wildman–Crippen MR) is 127 cm³/mol. The van der Waals surface area contributed by atoms with Crippen molar-refractivity contribution in [2.75, 3.05) is 23.7 Å². The third-order valence-corrected chi connectivity index (χ3v) is 7.37. The molecule has 5 nitrogen and oxygen atoms in total. The molecule has 6 heteroatoms. The number of amides is 1. The Morgan fingerprint density at radius 3 is 2.32 bits per heavy atom. The van der Waals surface area contributed by atoms with E-state index in [0.29, 0.717) is 31.1 Å². The number of rotatable bonds is 7. The second kappa shape index (κ2) is 9.86. The standard InChI is InChI=1S/C25H34N2O3S/c1-5-23(27(31(4,29)30)24-17-19(2)11-12-20(24)3)25(28)26-15-13-22(14-16-26)18-21-9-7-6-8-10-21/h6-12,17,22-23H,5,13-16,18H2,1-4H3. The molecule has 1 unspecified atom stereocenters. The fourth-order valence-corrected chi connectivity index (χ4v) is 5.75. The van der Waals surface area contributed by atoms with E-state index in [1.807, 2.05) is 49.9 Å². The lowest BCUT2D eigenvalue weighted by molar-refractivity contribution is -0.133. The molecule has 1 amide bonds. The van der Waals surface area contributed by atoms with Crippen molar-refractivity contribution in [3.05, 3.63) is 65.2 Å². The van der Waals surface area contributed by atoms with E-state index in [1.165, 1.54) is 16.1 Å². The van der Waals surface area contributed by atoms with Crippen molar-refractivity contribution >= 4 is 21.6 Å². The van der Waals surface area contributed by atoms with Gasteiger partial charge in [0.1, 0.15) is 6.04 Å². The number of sulfonamides is 1. The number of hydrogen-bond donors (Lipinski definition) is 0. The lowest BCUT2D eigenvalue weighted by atomic mass is 9.90. The summed E-state index contributed by atoms with van der Waals surface area (Å²) in [5, 5.41) is 0. The van der Waals surface area contributed by atoms with Gasteiger partial charge in [0.25, 0.3) is 0 Å². The number of hydrogen-bond acceptors (Lipinski definition) is 3. The van der Waals surface area contributed by atoms with Gasteiger partial charge in [0.05, 0.1) is 11.9 Å². The van der Waals surface area contributed by atoms with Crippen LogP contribution in [0.15, 0.2) is 48.5 Å². The van der Waals surface area contributed by atoms with Crippen LogP contribution in [0.25, 0.3) is 0 Å². The Morgan fingerprint density at radius 1 is 1.10 bits per heavy atom. The number of anilines is 1. The second-order valence-electron chi connectivity index (χ2n) is 8.73. The van der Waals surface area contributed by atoms with Crippen LogP contribution in [0.5, 0.6) is 0 Å². The third-order valence-electron chi connectivity index (χ3n) is 6.21. The molecule has 1 aliphatic rings. The van der Waals surface area contributed by atoms with E-state index in [1.54, 1.807) is 0 Å². The van der Waals surface area contributed by atoms with Crippen molar-refractivity contribution in [1.29, 1.82) is 0 Å². The third kappa shape index (κ3) is 5.67. The predicted octanol–water partition coefficient (Wildman–Crippen LogP) is 4.33. The Bertz CT molecular complexity index is 997. The van der Waals surface area contributed by atoms with Crippen molar-refractivity contribution in [2.45, 2.75) is 52.5 Å². The first kappa shape index (κ1) is 23.3. The minimum Gasteiger partial charge on any atom is -0.341 e. The SMILES string of the molecule is CCC(C(=O)N1CCC(Cc2ccccc2)CC1)N(c1cc(C)ccc1C)S(C)(=O)=O. The molecule has 0 spiro atoms. The summed E-state index contributed by atoms with van der Waals surface area (Å²) in [5.41, 5.74) is 3.75. The molecule has 0 radical (unpaired) electrons. The van der Waals surface area contributed by atoms with E-state index in [0.717, 1.165) is 30.4 Å². The quantitative estimate of drug-likeness (QED) is 0.641. The Kier molecular flexibility index (Phi) is 7.42. The number of nitrogens with zero attached hydrogens (tertiary/aromatic N) is 2. The van der Waals surface area contributed by atoms with Crippen molar-refractivity contribution in [1.82, 2.24) is 4.90 Å². The van der Waals surface area contributed by atoms with E-state index < -0.39 is 16.1 Å². The van der Waals surface area contributed by atoms with Crippen LogP contribution in [0, 0.1) is 19.8 Å². The summed E-state index contributed by atoms with van der Waals surface area (Å²) in [6, 6.07) is 15.5.